The van der Waals surface area contributed by atoms with Crippen LogP contribution in [-0.4, -0.2) is 17.1 Å². The molecule has 0 saturated carbocycles. The molecule has 3 aromatic rings. The number of hydrogen-bond acceptors (Lipinski definition) is 3. The van der Waals surface area contributed by atoms with Gasteiger partial charge in [-0.05, 0) is 67.6 Å². The molecule has 0 saturated heterocycles. The van der Waals surface area contributed by atoms with Crippen LogP contribution in [0.15, 0.2) is 77.7 Å². The number of benzene rings is 3. The Morgan fingerprint density at radius 1 is 0.906 bits per heavy atom. The second-order valence-electron chi connectivity index (χ2n) is 6.82. The molecular formula is C23H18ClF3N2O2S. The summed E-state index contributed by atoms with van der Waals surface area (Å²) < 4.78 is 38.5. The smallest absolute Gasteiger partial charge is 0.325 e. The van der Waals surface area contributed by atoms with E-state index in [9.17, 15) is 22.8 Å². The molecule has 0 radical (unpaired) electrons. The van der Waals surface area contributed by atoms with Gasteiger partial charge in [0.15, 0.2) is 0 Å². The number of hydrogen-bond donors (Lipinski definition) is 2. The molecule has 0 aliphatic heterocycles. The predicted octanol–water partition coefficient (Wildman–Crippen LogP) is 6.73. The Bertz CT molecular complexity index is 1120. The Kier molecular flexibility index (Phi) is 7.48. The van der Waals surface area contributed by atoms with Crippen LogP contribution in [-0.2, 0) is 11.0 Å². The second-order valence-corrected chi connectivity index (χ2v) is 8.67. The van der Waals surface area contributed by atoms with Crippen molar-refractivity contribution in [2.75, 3.05) is 10.6 Å². The van der Waals surface area contributed by atoms with Gasteiger partial charge in [0.05, 0.1) is 10.8 Å². The standard InChI is InChI=1S/C23H18ClF3N2O2S/c1-14(21(30)29-19-7-3-5-16(13-19)23(25,26)27)32-20-10-8-18(9-11-20)28-22(31)15-4-2-6-17(24)12-15/h2-14H,1H3,(H,28,31)(H,29,30). The summed E-state index contributed by atoms with van der Waals surface area (Å²) >= 11 is 7.14. The number of amides is 2. The van der Waals surface area contributed by atoms with E-state index < -0.39 is 22.9 Å². The van der Waals surface area contributed by atoms with E-state index in [1.807, 2.05) is 0 Å². The molecular weight excluding hydrogens is 461 g/mol. The lowest BCUT2D eigenvalue weighted by molar-refractivity contribution is -0.137. The number of rotatable bonds is 6. The first-order chi connectivity index (χ1) is 15.1. The molecule has 3 rings (SSSR count). The average Bonchev–Trinajstić information content (AvgIpc) is 2.74. The molecule has 0 aromatic heterocycles. The van der Waals surface area contributed by atoms with Crippen LogP contribution < -0.4 is 10.6 Å². The molecule has 3 aromatic carbocycles. The minimum atomic E-state index is -4.48. The molecule has 0 bridgehead atoms. The molecule has 0 heterocycles. The lowest BCUT2D eigenvalue weighted by Crippen LogP contribution is -2.22. The molecule has 0 aliphatic rings. The first kappa shape index (κ1) is 23.7. The van der Waals surface area contributed by atoms with Crippen molar-refractivity contribution < 1.29 is 22.8 Å². The Labute approximate surface area is 192 Å². The highest BCUT2D eigenvalue weighted by atomic mass is 35.5. The summed E-state index contributed by atoms with van der Waals surface area (Å²) in [6.45, 7) is 1.66. The minimum absolute atomic E-state index is 0.0800. The van der Waals surface area contributed by atoms with Crippen LogP contribution in [0.5, 0.6) is 0 Å². The van der Waals surface area contributed by atoms with Gasteiger partial charge in [0.25, 0.3) is 5.91 Å². The van der Waals surface area contributed by atoms with Gasteiger partial charge in [-0.1, -0.05) is 23.7 Å². The molecule has 0 fully saturated rings. The third-order valence-corrected chi connectivity index (χ3v) is 5.69. The minimum Gasteiger partial charge on any atom is -0.325 e. The van der Waals surface area contributed by atoms with Gasteiger partial charge in [0, 0.05) is 26.9 Å². The number of anilines is 2. The lowest BCUT2D eigenvalue weighted by Gasteiger charge is -2.14. The van der Waals surface area contributed by atoms with Gasteiger partial charge in [-0.25, -0.2) is 0 Å². The lowest BCUT2D eigenvalue weighted by atomic mass is 10.2. The van der Waals surface area contributed by atoms with Crippen LogP contribution in [0.1, 0.15) is 22.8 Å². The van der Waals surface area contributed by atoms with Gasteiger partial charge in [-0.3, -0.25) is 9.59 Å². The van der Waals surface area contributed by atoms with Crippen LogP contribution in [0.4, 0.5) is 24.5 Å². The van der Waals surface area contributed by atoms with Crippen LogP contribution >= 0.6 is 23.4 Å². The van der Waals surface area contributed by atoms with E-state index in [2.05, 4.69) is 10.6 Å². The second kappa shape index (κ2) is 10.1. The molecule has 166 valence electrons. The van der Waals surface area contributed by atoms with Gasteiger partial charge in [-0.15, -0.1) is 11.8 Å². The zero-order valence-electron chi connectivity index (χ0n) is 16.7. The van der Waals surface area contributed by atoms with Crippen molar-refractivity contribution >= 4 is 46.6 Å². The summed E-state index contributed by atoms with van der Waals surface area (Å²) in [5, 5.41) is 5.17. The monoisotopic (exact) mass is 478 g/mol. The molecule has 9 heteroatoms. The first-order valence-electron chi connectivity index (χ1n) is 9.43. The maximum absolute atomic E-state index is 12.8. The SMILES string of the molecule is CC(Sc1ccc(NC(=O)c2cccc(Cl)c2)cc1)C(=O)Nc1cccc(C(F)(F)F)c1. The van der Waals surface area contributed by atoms with Crippen molar-refractivity contribution in [2.45, 2.75) is 23.2 Å². The number of carbonyl (C=O) groups is 2. The number of thioether (sulfide) groups is 1. The maximum Gasteiger partial charge on any atom is 0.416 e. The van der Waals surface area contributed by atoms with E-state index in [1.165, 1.54) is 23.9 Å². The maximum atomic E-state index is 12.8. The molecule has 2 amide bonds. The summed E-state index contributed by atoms with van der Waals surface area (Å²) in [6.07, 6.45) is -4.48. The van der Waals surface area contributed by atoms with Gasteiger partial charge >= 0.3 is 6.18 Å². The summed E-state index contributed by atoms with van der Waals surface area (Å²) in [6, 6.07) is 17.9. The quantitative estimate of drug-likeness (QED) is 0.386. The van der Waals surface area contributed by atoms with E-state index in [0.29, 0.717) is 16.3 Å². The van der Waals surface area contributed by atoms with Crippen molar-refractivity contribution in [2.24, 2.45) is 0 Å². The number of alkyl halides is 3. The van der Waals surface area contributed by atoms with Crippen LogP contribution in [0.2, 0.25) is 5.02 Å². The fourth-order valence-electron chi connectivity index (χ4n) is 2.72. The summed E-state index contributed by atoms with van der Waals surface area (Å²) in [7, 11) is 0. The number of halogens is 4. The highest BCUT2D eigenvalue weighted by molar-refractivity contribution is 8.00. The van der Waals surface area contributed by atoms with Gasteiger partial charge in [-0.2, -0.15) is 13.2 Å². The van der Waals surface area contributed by atoms with Gasteiger partial charge in [0.2, 0.25) is 5.91 Å². The first-order valence-corrected chi connectivity index (χ1v) is 10.7. The molecule has 4 nitrogen and oxygen atoms in total. The fraction of sp³-hybridized carbons (Fsp3) is 0.130. The summed E-state index contributed by atoms with van der Waals surface area (Å²) in [5.74, 6) is -0.727. The van der Waals surface area contributed by atoms with E-state index in [0.717, 1.165) is 17.0 Å². The molecule has 0 aliphatic carbocycles. The van der Waals surface area contributed by atoms with Crippen molar-refractivity contribution in [3.05, 3.63) is 88.9 Å². The number of carbonyl (C=O) groups excluding carboxylic acids is 2. The third kappa shape index (κ3) is 6.51. The van der Waals surface area contributed by atoms with Crippen molar-refractivity contribution in [1.82, 2.24) is 0 Å². The molecule has 0 spiro atoms. The van der Waals surface area contributed by atoms with Crippen LogP contribution in [0.25, 0.3) is 0 Å². The van der Waals surface area contributed by atoms with Gasteiger partial charge in [0.1, 0.15) is 0 Å². The van der Waals surface area contributed by atoms with Gasteiger partial charge < -0.3 is 10.6 Å². The predicted molar refractivity (Wildman–Crippen MR) is 121 cm³/mol. The fourth-order valence-corrected chi connectivity index (χ4v) is 3.78. The molecule has 1 unspecified atom stereocenters. The average molecular weight is 479 g/mol. The Balaban J connectivity index is 1.58. The summed E-state index contributed by atoms with van der Waals surface area (Å²) in [4.78, 5) is 25.4. The highest BCUT2D eigenvalue weighted by Crippen LogP contribution is 2.31. The van der Waals surface area contributed by atoms with E-state index in [-0.39, 0.29) is 11.6 Å². The van der Waals surface area contributed by atoms with Crippen molar-refractivity contribution in [3.63, 3.8) is 0 Å². The Hall–Kier alpha value is -2.97. The Morgan fingerprint density at radius 3 is 2.25 bits per heavy atom. The Morgan fingerprint density at radius 2 is 1.59 bits per heavy atom. The van der Waals surface area contributed by atoms with Crippen LogP contribution in [0.3, 0.4) is 0 Å². The summed E-state index contributed by atoms with van der Waals surface area (Å²) in [5.41, 5.74) is 0.249. The van der Waals surface area contributed by atoms with Crippen molar-refractivity contribution in [3.8, 4) is 0 Å². The normalized spacial score (nSPS) is 12.2. The van der Waals surface area contributed by atoms with Crippen molar-refractivity contribution in [1.29, 1.82) is 0 Å². The highest BCUT2D eigenvalue weighted by Gasteiger charge is 2.30. The van der Waals surface area contributed by atoms with E-state index in [4.69, 9.17) is 11.6 Å². The number of nitrogens with one attached hydrogen (secondary N) is 2. The van der Waals surface area contributed by atoms with E-state index >= 15 is 0 Å². The molecule has 1 atom stereocenters. The zero-order chi connectivity index (χ0) is 23.3. The largest absolute Gasteiger partial charge is 0.416 e. The molecule has 32 heavy (non-hydrogen) atoms. The van der Waals surface area contributed by atoms with Crippen LogP contribution in [0, 0.1) is 0 Å². The zero-order valence-corrected chi connectivity index (χ0v) is 18.3. The molecule has 2 N–H and O–H groups in total. The topological polar surface area (TPSA) is 58.2 Å². The third-order valence-electron chi connectivity index (χ3n) is 4.34. The van der Waals surface area contributed by atoms with E-state index in [1.54, 1.807) is 55.5 Å².